The zero-order chi connectivity index (χ0) is 21.7. The van der Waals surface area contributed by atoms with E-state index in [-0.39, 0.29) is 18.4 Å². The number of rotatable bonds is 7. The predicted molar refractivity (Wildman–Crippen MR) is 118 cm³/mol. The molecule has 1 aliphatic rings. The first kappa shape index (κ1) is 22.3. The van der Waals surface area contributed by atoms with Crippen LogP contribution in [0.5, 0.6) is 5.75 Å². The number of hydrogen-bond donors (Lipinski definition) is 0. The Morgan fingerprint density at radius 1 is 1.13 bits per heavy atom. The Bertz CT molecular complexity index is 820. The van der Waals surface area contributed by atoms with Crippen LogP contribution in [0.15, 0.2) is 48.5 Å². The van der Waals surface area contributed by atoms with Gasteiger partial charge in [0.05, 0.1) is 18.6 Å². The summed E-state index contributed by atoms with van der Waals surface area (Å²) < 4.78 is 20.6. The molecule has 30 heavy (non-hydrogen) atoms. The fraction of sp³-hybridized carbons (Fsp3) is 0.480. The molecule has 0 saturated carbocycles. The summed E-state index contributed by atoms with van der Waals surface area (Å²) in [6.45, 7) is 7.59. The summed E-state index contributed by atoms with van der Waals surface area (Å²) >= 11 is 0. The molecule has 1 aliphatic heterocycles. The van der Waals surface area contributed by atoms with Crippen molar-refractivity contribution in [2.24, 2.45) is 0 Å². The van der Waals surface area contributed by atoms with Gasteiger partial charge >= 0.3 is 0 Å². The first-order valence-electron chi connectivity index (χ1n) is 10.7. The zero-order valence-corrected chi connectivity index (χ0v) is 18.5. The lowest BCUT2D eigenvalue weighted by atomic mass is 9.99. The summed E-state index contributed by atoms with van der Waals surface area (Å²) in [5, 5.41) is 0. The number of carbonyl (C=O) groups excluding carboxylic acids is 1. The van der Waals surface area contributed by atoms with E-state index in [1.54, 1.807) is 4.90 Å². The third-order valence-electron chi connectivity index (χ3n) is 5.55. The van der Waals surface area contributed by atoms with E-state index in [9.17, 15) is 9.18 Å². The molecule has 2 aromatic rings. The van der Waals surface area contributed by atoms with Gasteiger partial charge in [0.2, 0.25) is 5.91 Å². The van der Waals surface area contributed by atoms with Crippen molar-refractivity contribution in [3.8, 4) is 5.75 Å². The van der Waals surface area contributed by atoms with Crippen LogP contribution in [0.4, 0.5) is 4.39 Å². The molecule has 1 amide bonds. The molecular weight excluding hydrogens is 379 g/mol. The summed E-state index contributed by atoms with van der Waals surface area (Å²) in [6.07, 6.45) is -0.0306. The van der Waals surface area contributed by atoms with Gasteiger partial charge in [0.15, 0.2) is 0 Å². The highest BCUT2D eigenvalue weighted by Gasteiger charge is 2.34. The van der Waals surface area contributed by atoms with Gasteiger partial charge in [-0.3, -0.25) is 4.79 Å². The van der Waals surface area contributed by atoms with Crippen LogP contribution in [-0.2, 0) is 17.8 Å². The second-order valence-electron chi connectivity index (χ2n) is 8.63. The largest absolute Gasteiger partial charge is 0.491 e. The Morgan fingerprint density at radius 2 is 1.77 bits per heavy atom. The van der Waals surface area contributed by atoms with Gasteiger partial charge in [0, 0.05) is 19.6 Å². The van der Waals surface area contributed by atoms with Crippen molar-refractivity contribution in [2.45, 2.75) is 58.5 Å². The lowest BCUT2D eigenvalue weighted by Crippen LogP contribution is -2.53. The molecule has 5 heteroatoms. The Hall–Kier alpha value is -2.40. The zero-order valence-electron chi connectivity index (χ0n) is 18.5. The maximum absolute atomic E-state index is 14.9. The van der Waals surface area contributed by atoms with Crippen molar-refractivity contribution in [3.63, 3.8) is 0 Å². The van der Waals surface area contributed by atoms with Crippen LogP contribution in [0, 0.1) is 6.92 Å². The molecule has 2 aromatic carbocycles. The minimum Gasteiger partial charge on any atom is -0.491 e. The highest BCUT2D eigenvalue weighted by Crippen LogP contribution is 2.23. The van der Waals surface area contributed by atoms with Crippen LogP contribution < -0.4 is 4.74 Å². The van der Waals surface area contributed by atoms with E-state index >= 15 is 0 Å². The first-order chi connectivity index (χ1) is 14.3. The minimum atomic E-state index is -1.04. The quantitative estimate of drug-likeness (QED) is 0.676. The van der Waals surface area contributed by atoms with Crippen LogP contribution >= 0.6 is 0 Å². The predicted octanol–water partition coefficient (Wildman–Crippen LogP) is 4.40. The molecule has 1 fully saturated rings. The molecular formula is C25H33FN2O2. The number of amides is 1. The second kappa shape index (κ2) is 10.1. The van der Waals surface area contributed by atoms with Gasteiger partial charge in [0.25, 0.3) is 0 Å². The monoisotopic (exact) mass is 412 g/mol. The fourth-order valence-corrected chi connectivity index (χ4v) is 3.91. The van der Waals surface area contributed by atoms with Crippen molar-refractivity contribution in [2.75, 3.05) is 20.1 Å². The average molecular weight is 413 g/mol. The fourth-order valence-electron chi connectivity index (χ4n) is 3.91. The van der Waals surface area contributed by atoms with Gasteiger partial charge in [-0.25, -0.2) is 4.39 Å². The molecule has 2 atom stereocenters. The van der Waals surface area contributed by atoms with E-state index in [1.807, 2.05) is 81.2 Å². The van der Waals surface area contributed by atoms with E-state index in [1.165, 1.54) is 5.56 Å². The van der Waals surface area contributed by atoms with Crippen molar-refractivity contribution in [3.05, 3.63) is 65.2 Å². The number of halogens is 1. The molecule has 4 nitrogen and oxygen atoms in total. The molecule has 0 N–H and O–H groups in total. The van der Waals surface area contributed by atoms with Crippen molar-refractivity contribution < 1.29 is 13.9 Å². The highest BCUT2D eigenvalue weighted by molar-refractivity contribution is 5.79. The third-order valence-corrected chi connectivity index (χ3v) is 5.55. The van der Waals surface area contributed by atoms with E-state index in [4.69, 9.17) is 4.74 Å². The SMILES string of the molecule is Cc1ccc(CN(C(=O)Cc2ccc(OC(C)C)cc2)[C@H]2CCN(C)C[C@H]2F)cc1. The number of piperidine rings is 1. The van der Waals surface area contributed by atoms with Crippen molar-refractivity contribution >= 4 is 5.91 Å². The van der Waals surface area contributed by atoms with Gasteiger partial charge in [-0.15, -0.1) is 0 Å². The summed E-state index contributed by atoms with van der Waals surface area (Å²) in [7, 11) is 1.93. The second-order valence-corrected chi connectivity index (χ2v) is 8.63. The molecule has 1 saturated heterocycles. The molecule has 162 valence electrons. The molecule has 0 bridgehead atoms. The minimum absolute atomic E-state index is 0.0368. The number of nitrogens with zero attached hydrogens (tertiary/aromatic N) is 2. The number of hydrogen-bond acceptors (Lipinski definition) is 3. The van der Waals surface area contributed by atoms with Crippen LogP contribution in [0.1, 0.15) is 37.0 Å². The lowest BCUT2D eigenvalue weighted by Gasteiger charge is -2.39. The lowest BCUT2D eigenvalue weighted by molar-refractivity contribution is -0.136. The van der Waals surface area contributed by atoms with Crippen molar-refractivity contribution in [1.82, 2.24) is 9.80 Å². The Balaban J connectivity index is 1.76. The molecule has 0 aromatic heterocycles. The van der Waals surface area contributed by atoms with Crippen LogP contribution in [0.2, 0.25) is 0 Å². The van der Waals surface area contributed by atoms with Crippen LogP contribution in [-0.4, -0.2) is 54.2 Å². The normalized spacial score (nSPS) is 19.7. The van der Waals surface area contributed by atoms with Gasteiger partial charge in [-0.05, 0) is 57.5 Å². The summed E-state index contributed by atoms with van der Waals surface area (Å²) in [5.74, 6) is 0.752. The van der Waals surface area contributed by atoms with E-state index in [0.29, 0.717) is 19.5 Å². The molecule has 0 radical (unpaired) electrons. The number of benzene rings is 2. The number of alkyl halides is 1. The van der Waals surface area contributed by atoms with E-state index < -0.39 is 12.2 Å². The molecule has 1 heterocycles. The maximum Gasteiger partial charge on any atom is 0.227 e. The molecule has 0 aliphatic carbocycles. The number of ether oxygens (including phenoxy) is 1. The van der Waals surface area contributed by atoms with Crippen LogP contribution in [0.3, 0.4) is 0 Å². The number of carbonyl (C=O) groups is 1. The number of likely N-dealkylation sites (tertiary alicyclic amines) is 1. The van der Waals surface area contributed by atoms with Gasteiger partial charge in [-0.1, -0.05) is 42.0 Å². The Kier molecular flexibility index (Phi) is 7.48. The first-order valence-corrected chi connectivity index (χ1v) is 10.7. The topological polar surface area (TPSA) is 32.8 Å². The summed E-state index contributed by atoms with van der Waals surface area (Å²) in [4.78, 5) is 17.0. The average Bonchev–Trinajstić information content (AvgIpc) is 2.69. The van der Waals surface area contributed by atoms with Crippen molar-refractivity contribution in [1.29, 1.82) is 0 Å². The molecule has 0 spiro atoms. The van der Waals surface area contributed by atoms with Gasteiger partial charge < -0.3 is 14.5 Å². The Morgan fingerprint density at radius 3 is 2.37 bits per heavy atom. The summed E-state index contributed by atoms with van der Waals surface area (Å²) in [5.41, 5.74) is 3.11. The van der Waals surface area contributed by atoms with Gasteiger partial charge in [0.1, 0.15) is 11.9 Å². The standard InChI is InChI=1S/C25H33FN2O2/c1-18(2)30-22-11-9-20(10-12-22)15-25(29)28(16-21-7-5-19(3)6-8-21)24-13-14-27(4)17-23(24)26/h5-12,18,23-24H,13-17H2,1-4H3/t23-,24+/m1/s1. The molecule has 0 unspecified atom stereocenters. The van der Waals surface area contributed by atoms with Gasteiger partial charge in [-0.2, -0.15) is 0 Å². The molecule has 3 rings (SSSR count). The number of aryl methyl sites for hydroxylation is 1. The van der Waals surface area contributed by atoms with E-state index in [2.05, 4.69) is 0 Å². The Labute approximate surface area is 179 Å². The van der Waals surface area contributed by atoms with E-state index in [0.717, 1.165) is 23.4 Å². The summed E-state index contributed by atoms with van der Waals surface area (Å²) in [6, 6.07) is 15.3. The third kappa shape index (κ3) is 6.05. The maximum atomic E-state index is 14.9. The smallest absolute Gasteiger partial charge is 0.227 e. The van der Waals surface area contributed by atoms with Crippen LogP contribution in [0.25, 0.3) is 0 Å². The highest BCUT2D eigenvalue weighted by atomic mass is 19.1.